The maximum atomic E-state index is 12.4. The molecule has 124 valence electrons. The fourth-order valence-electron chi connectivity index (χ4n) is 2.94. The van der Waals surface area contributed by atoms with Crippen LogP contribution in [0.25, 0.3) is 22.6 Å². The van der Waals surface area contributed by atoms with Gasteiger partial charge in [-0.1, -0.05) is 42.5 Å². The predicted octanol–water partition coefficient (Wildman–Crippen LogP) is 3.10. The Morgan fingerprint density at radius 2 is 1.92 bits per heavy atom. The van der Waals surface area contributed by atoms with E-state index in [0.29, 0.717) is 17.0 Å². The Balaban J connectivity index is 1.89. The van der Waals surface area contributed by atoms with Crippen LogP contribution in [0.1, 0.15) is 18.5 Å². The van der Waals surface area contributed by atoms with Gasteiger partial charge in [0.2, 0.25) is 0 Å². The number of aromatic nitrogens is 4. The minimum Gasteiger partial charge on any atom is -0.508 e. The lowest BCUT2D eigenvalue weighted by atomic mass is 10.1. The zero-order valence-electron chi connectivity index (χ0n) is 13.5. The first kappa shape index (κ1) is 15.1. The first-order valence-electron chi connectivity index (χ1n) is 7.95. The molecule has 6 heteroatoms. The highest BCUT2D eigenvalue weighted by atomic mass is 16.3. The van der Waals surface area contributed by atoms with Crippen molar-refractivity contribution in [3.8, 4) is 17.0 Å². The number of H-pyrrole nitrogens is 1. The number of aromatic amines is 1. The van der Waals surface area contributed by atoms with E-state index in [4.69, 9.17) is 0 Å². The van der Waals surface area contributed by atoms with Crippen molar-refractivity contribution in [2.45, 2.75) is 13.0 Å². The van der Waals surface area contributed by atoms with Gasteiger partial charge in [0.25, 0.3) is 0 Å². The molecule has 2 aromatic carbocycles. The maximum Gasteiger partial charge on any atom is 0.329 e. The van der Waals surface area contributed by atoms with Gasteiger partial charge < -0.3 is 5.11 Å². The van der Waals surface area contributed by atoms with Gasteiger partial charge in [0.1, 0.15) is 5.75 Å². The van der Waals surface area contributed by atoms with E-state index in [2.05, 4.69) is 15.0 Å². The third-order valence-electron chi connectivity index (χ3n) is 4.24. The number of phenolic OH excluding ortho intramolecular Hbond substituents is 1. The summed E-state index contributed by atoms with van der Waals surface area (Å²) in [6, 6.07) is 16.4. The fraction of sp³-hybridized carbons (Fsp3) is 0.105. The van der Waals surface area contributed by atoms with Crippen molar-refractivity contribution < 1.29 is 5.11 Å². The summed E-state index contributed by atoms with van der Waals surface area (Å²) in [7, 11) is 0. The van der Waals surface area contributed by atoms with E-state index in [9.17, 15) is 9.90 Å². The lowest BCUT2D eigenvalue weighted by Gasteiger charge is -2.13. The van der Waals surface area contributed by atoms with Crippen LogP contribution in [0.4, 0.5) is 0 Å². The van der Waals surface area contributed by atoms with Crippen LogP contribution in [0.2, 0.25) is 0 Å². The molecule has 0 saturated carbocycles. The fourth-order valence-corrected chi connectivity index (χ4v) is 2.94. The Labute approximate surface area is 143 Å². The number of phenols is 1. The molecule has 2 aromatic heterocycles. The highest BCUT2D eigenvalue weighted by molar-refractivity contribution is 5.71. The largest absolute Gasteiger partial charge is 0.508 e. The maximum absolute atomic E-state index is 12.4. The summed E-state index contributed by atoms with van der Waals surface area (Å²) in [5.41, 5.74) is 3.02. The van der Waals surface area contributed by atoms with Crippen molar-refractivity contribution in [3.05, 3.63) is 76.8 Å². The Morgan fingerprint density at radius 3 is 2.68 bits per heavy atom. The molecule has 0 aliphatic rings. The van der Waals surface area contributed by atoms with Gasteiger partial charge >= 0.3 is 5.69 Å². The molecule has 0 unspecified atom stereocenters. The summed E-state index contributed by atoms with van der Waals surface area (Å²) in [6.45, 7) is 1.95. The molecule has 4 aromatic rings. The van der Waals surface area contributed by atoms with Crippen molar-refractivity contribution in [2.75, 3.05) is 0 Å². The summed E-state index contributed by atoms with van der Waals surface area (Å²) >= 11 is 0. The number of hydrogen-bond donors (Lipinski definition) is 2. The lowest BCUT2D eigenvalue weighted by Crippen LogP contribution is -2.21. The number of rotatable bonds is 3. The molecule has 0 spiro atoms. The van der Waals surface area contributed by atoms with Crippen LogP contribution in [-0.2, 0) is 0 Å². The number of hydrogen-bond acceptors (Lipinski definition) is 4. The summed E-state index contributed by atoms with van der Waals surface area (Å²) in [5, 5.41) is 9.67. The standard InChI is InChI=1S/C19H16N4O2/c1-12(13-6-3-2-4-7-13)23-18-17(22-19(23)25)20-11-16(21-18)14-8-5-9-15(24)10-14/h2-12,24H,1H3,(H,20,22,25)/t12-/m1/s1. The third-order valence-corrected chi connectivity index (χ3v) is 4.24. The molecule has 0 fully saturated rings. The minimum atomic E-state index is -0.251. The quantitative estimate of drug-likeness (QED) is 0.604. The SMILES string of the molecule is C[C@H](c1ccccc1)n1c(=O)[nH]c2ncc(-c3cccc(O)c3)nc21. The second-order valence-corrected chi connectivity index (χ2v) is 5.86. The second kappa shape index (κ2) is 5.90. The van der Waals surface area contributed by atoms with Gasteiger partial charge in [-0.2, -0.15) is 0 Å². The summed E-state index contributed by atoms with van der Waals surface area (Å²) in [6.07, 6.45) is 1.59. The van der Waals surface area contributed by atoms with Crippen molar-refractivity contribution >= 4 is 11.3 Å². The molecule has 0 saturated heterocycles. The Morgan fingerprint density at radius 1 is 1.12 bits per heavy atom. The van der Waals surface area contributed by atoms with Crippen molar-refractivity contribution in [1.29, 1.82) is 0 Å². The van der Waals surface area contributed by atoms with Crippen molar-refractivity contribution in [3.63, 3.8) is 0 Å². The van der Waals surface area contributed by atoms with Gasteiger partial charge in [0.05, 0.1) is 17.9 Å². The first-order valence-corrected chi connectivity index (χ1v) is 7.95. The molecular weight excluding hydrogens is 316 g/mol. The van der Waals surface area contributed by atoms with Gasteiger partial charge in [0.15, 0.2) is 11.3 Å². The topological polar surface area (TPSA) is 83.8 Å². The molecule has 0 amide bonds. The molecule has 0 aliphatic heterocycles. The number of nitrogens with one attached hydrogen (secondary N) is 1. The molecule has 6 nitrogen and oxygen atoms in total. The normalized spacial score (nSPS) is 12.4. The van der Waals surface area contributed by atoms with Crippen molar-refractivity contribution in [1.82, 2.24) is 19.5 Å². The minimum absolute atomic E-state index is 0.156. The summed E-state index contributed by atoms with van der Waals surface area (Å²) < 4.78 is 1.60. The monoisotopic (exact) mass is 332 g/mol. The van der Waals surface area contributed by atoms with Crippen LogP contribution in [0, 0.1) is 0 Å². The number of imidazole rings is 1. The van der Waals surface area contributed by atoms with E-state index in [1.54, 1.807) is 29.0 Å². The summed E-state index contributed by atoms with van der Waals surface area (Å²) in [5.74, 6) is 0.156. The van der Waals surface area contributed by atoms with Crippen LogP contribution in [0.15, 0.2) is 65.6 Å². The van der Waals surface area contributed by atoms with Crippen LogP contribution < -0.4 is 5.69 Å². The first-order chi connectivity index (χ1) is 12.1. The van der Waals surface area contributed by atoms with Crippen LogP contribution >= 0.6 is 0 Å². The van der Waals surface area contributed by atoms with E-state index in [-0.39, 0.29) is 17.5 Å². The van der Waals surface area contributed by atoms with Gasteiger partial charge in [-0.15, -0.1) is 0 Å². The molecule has 25 heavy (non-hydrogen) atoms. The summed E-state index contributed by atoms with van der Waals surface area (Å²) in [4.78, 5) is 24.1. The zero-order valence-corrected chi connectivity index (χ0v) is 13.5. The number of nitrogens with zero attached hydrogens (tertiary/aromatic N) is 3. The lowest BCUT2D eigenvalue weighted by molar-refractivity contribution is 0.475. The zero-order chi connectivity index (χ0) is 17.4. The molecule has 0 radical (unpaired) electrons. The van der Waals surface area contributed by atoms with E-state index in [1.165, 1.54) is 0 Å². The average molecular weight is 332 g/mol. The van der Waals surface area contributed by atoms with Gasteiger partial charge in [-0.05, 0) is 24.6 Å². The number of fused-ring (bicyclic) bond motifs is 1. The van der Waals surface area contributed by atoms with Crippen LogP contribution in [0.5, 0.6) is 5.75 Å². The van der Waals surface area contributed by atoms with E-state index < -0.39 is 0 Å². The number of benzene rings is 2. The van der Waals surface area contributed by atoms with Crippen LogP contribution in [0.3, 0.4) is 0 Å². The molecule has 4 rings (SSSR count). The van der Waals surface area contributed by atoms with E-state index in [0.717, 1.165) is 11.1 Å². The molecule has 2 heterocycles. The highest BCUT2D eigenvalue weighted by Crippen LogP contribution is 2.24. The molecule has 0 bridgehead atoms. The Hall–Kier alpha value is -3.41. The van der Waals surface area contributed by atoms with Crippen LogP contribution in [-0.4, -0.2) is 24.6 Å². The smallest absolute Gasteiger partial charge is 0.329 e. The predicted molar refractivity (Wildman–Crippen MR) is 95.5 cm³/mol. The average Bonchev–Trinajstić information content (AvgIpc) is 2.96. The second-order valence-electron chi connectivity index (χ2n) is 5.86. The Kier molecular flexibility index (Phi) is 3.57. The van der Waals surface area contributed by atoms with E-state index >= 15 is 0 Å². The van der Waals surface area contributed by atoms with E-state index in [1.807, 2.05) is 43.3 Å². The third kappa shape index (κ3) is 2.67. The number of aromatic hydroxyl groups is 1. The molecule has 1 atom stereocenters. The van der Waals surface area contributed by atoms with Gasteiger partial charge in [-0.25, -0.2) is 14.8 Å². The highest BCUT2D eigenvalue weighted by Gasteiger charge is 2.17. The van der Waals surface area contributed by atoms with Gasteiger partial charge in [0, 0.05) is 5.56 Å². The Bertz CT molecular complexity index is 1100. The molecular formula is C19H16N4O2. The molecule has 2 N–H and O–H groups in total. The van der Waals surface area contributed by atoms with Gasteiger partial charge in [-0.3, -0.25) is 9.55 Å². The molecule has 0 aliphatic carbocycles. The van der Waals surface area contributed by atoms with Crippen molar-refractivity contribution in [2.24, 2.45) is 0 Å².